The van der Waals surface area contributed by atoms with Gasteiger partial charge in [0.25, 0.3) is 0 Å². The number of unbranched alkanes of at least 4 members (excludes halogenated alkanes) is 6. The lowest BCUT2D eigenvalue weighted by molar-refractivity contribution is -0.142. The van der Waals surface area contributed by atoms with Crippen LogP contribution >= 0.6 is 0 Å². The predicted molar refractivity (Wildman–Crippen MR) is 78.5 cm³/mol. The minimum Gasteiger partial charge on any atom is -0.464 e. The van der Waals surface area contributed by atoms with E-state index in [1.807, 2.05) is 0 Å². The van der Waals surface area contributed by atoms with Gasteiger partial charge in [-0.05, 0) is 6.42 Å². The molecule has 0 aromatic carbocycles. The highest BCUT2D eigenvalue weighted by Crippen LogP contribution is 2.06. The minimum absolute atomic E-state index is 0.124. The Bertz CT molecular complexity index is 279. The van der Waals surface area contributed by atoms with Crippen molar-refractivity contribution in [2.75, 3.05) is 19.8 Å². The Morgan fingerprint density at radius 2 is 1.70 bits per heavy atom. The average molecular weight is 285 g/mol. The maximum absolute atomic E-state index is 11.3. The topological polar surface area (TPSA) is 64.6 Å². The molecule has 0 unspecified atom stereocenters. The molecule has 0 aromatic rings. The number of alkyl carbamates (subject to hydrolysis) is 1. The van der Waals surface area contributed by atoms with Crippen molar-refractivity contribution in [1.29, 1.82) is 0 Å². The molecule has 0 aliphatic heterocycles. The van der Waals surface area contributed by atoms with Crippen molar-refractivity contribution in [1.82, 2.24) is 5.32 Å². The SMILES string of the molecule is C=CCOC(=O)NCC(=O)OCCCCCCCCC. The molecule has 1 amide bonds. The molecule has 0 atom stereocenters. The summed E-state index contributed by atoms with van der Waals surface area (Å²) in [6, 6.07) is 0. The lowest BCUT2D eigenvalue weighted by Crippen LogP contribution is -2.31. The first kappa shape index (κ1) is 18.5. The largest absolute Gasteiger partial charge is 0.464 e. The van der Waals surface area contributed by atoms with Crippen molar-refractivity contribution >= 4 is 12.1 Å². The van der Waals surface area contributed by atoms with Crippen molar-refractivity contribution in [3.63, 3.8) is 0 Å². The zero-order valence-corrected chi connectivity index (χ0v) is 12.5. The number of esters is 1. The number of hydrogen-bond acceptors (Lipinski definition) is 4. The van der Waals surface area contributed by atoms with Crippen molar-refractivity contribution < 1.29 is 19.1 Å². The molecule has 0 aliphatic rings. The second-order valence-corrected chi connectivity index (χ2v) is 4.58. The van der Waals surface area contributed by atoms with E-state index in [0.29, 0.717) is 6.61 Å². The molecule has 20 heavy (non-hydrogen) atoms. The van der Waals surface area contributed by atoms with Gasteiger partial charge in [0.05, 0.1) is 6.61 Å². The van der Waals surface area contributed by atoms with Gasteiger partial charge in [0.2, 0.25) is 0 Å². The standard InChI is InChI=1S/C15H27NO4/c1-3-5-6-7-8-9-10-12-19-14(17)13-16-15(18)20-11-4-2/h4H,2-3,5-13H2,1H3,(H,16,18). The van der Waals surface area contributed by atoms with Crippen molar-refractivity contribution in [3.05, 3.63) is 12.7 Å². The van der Waals surface area contributed by atoms with Crippen molar-refractivity contribution in [2.45, 2.75) is 51.9 Å². The highest BCUT2D eigenvalue weighted by molar-refractivity contribution is 5.77. The fourth-order valence-corrected chi connectivity index (χ4v) is 1.63. The Morgan fingerprint density at radius 3 is 2.35 bits per heavy atom. The van der Waals surface area contributed by atoms with Crippen LogP contribution in [0.15, 0.2) is 12.7 Å². The molecule has 0 heterocycles. The van der Waals surface area contributed by atoms with Crippen LogP contribution in [0.1, 0.15) is 51.9 Å². The first-order valence-electron chi connectivity index (χ1n) is 7.37. The molecule has 5 nitrogen and oxygen atoms in total. The quantitative estimate of drug-likeness (QED) is 0.340. The smallest absolute Gasteiger partial charge is 0.407 e. The summed E-state index contributed by atoms with van der Waals surface area (Å²) in [5.74, 6) is -0.438. The van der Waals surface area contributed by atoms with Crippen LogP contribution < -0.4 is 5.32 Å². The van der Waals surface area contributed by atoms with E-state index in [9.17, 15) is 9.59 Å². The van der Waals surface area contributed by atoms with Gasteiger partial charge in [-0.25, -0.2) is 4.79 Å². The third-order valence-electron chi connectivity index (χ3n) is 2.72. The first-order chi connectivity index (χ1) is 9.70. The second-order valence-electron chi connectivity index (χ2n) is 4.58. The van der Waals surface area contributed by atoms with Crippen LogP contribution in [0, 0.1) is 0 Å². The zero-order chi connectivity index (χ0) is 15.1. The fraction of sp³-hybridized carbons (Fsp3) is 0.733. The van der Waals surface area contributed by atoms with Crippen LogP contribution in [0.5, 0.6) is 0 Å². The van der Waals surface area contributed by atoms with Gasteiger partial charge in [-0.1, -0.05) is 58.1 Å². The summed E-state index contributed by atoms with van der Waals surface area (Å²) in [5.41, 5.74) is 0. The summed E-state index contributed by atoms with van der Waals surface area (Å²) in [7, 11) is 0. The van der Waals surface area contributed by atoms with Gasteiger partial charge in [-0.3, -0.25) is 4.79 Å². The molecule has 1 N–H and O–H groups in total. The third-order valence-corrected chi connectivity index (χ3v) is 2.72. The van der Waals surface area contributed by atoms with Crippen LogP contribution in [0.3, 0.4) is 0 Å². The molecule has 0 radical (unpaired) electrons. The monoisotopic (exact) mass is 285 g/mol. The highest BCUT2D eigenvalue weighted by Gasteiger charge is 2.06. The van der Waals surface area contributed by atoms with Gasteiger partial charge < -0.3 is 14.8 Å². The van der Waals surface area contributed by atoms with Gasteiger partial charge in [0.1, 0.15) is 13.2 Å². The summed E-state index contributed by atoms with van der Waals surface area (Å²) in [6.07, 6.45) is 9.03. The number of rotatable bonds is 12. The maximum Gasteiger partial charge on any atom is 0.407 e. The molecular formula is C15H27NO4. The van der Waals surface area contributed by atoms with Gasteiger partial charge in [-0.2, -0.15) is 0 Å². The highest BCUT2D eigenvalue weighted by atomic mass is 16.6. The van der Waals surface area contributed by atoms with Crippen LogP contribution in [0.2, 0.25) is 0 Å². The van der Waals surface area contributed by atoms with Crippen LogP contribution in [-0.2, 0) is 14.3 Å². The molecular weight excluding hydrogens is 258 g/mol. The Morgan fingerprint density at radius 1 is 1.05 bits per heavy atom. The number of nitrogens with one attached hydrogen (secondary N) is 1. The molecule has 5 heteroatoms. The molecule has 0 aromatic heterocycles. The molecule has 0 saturated heterocycles. The molecule has 0 rings (SSSR count). The molecule has 0 saturated carbocycles. The van der Waals surface area contributed by atoms with Gasteiger partial charge in [0.15, 0.2) is 0 Å². The van der Waals surface area contributed by atoms with Crippen LogP contribution in [0.4, 0.5) is 4.79 Å². The number of hydrogen-bond donors (Lipinski definition) is 1. The molecule has 0 spiro atoms. The summed E-state index contributed by atoms with van der Waals surface area (Å²) in [4.78, 5) is 22.3. The second kappa shape index (κ2) is 13.9. The summed E-state index contributed by atoms with van der Waals surface area (Å²) in [5, 5.41) is 2.31. The van der Waals surface area contributed by atoms with E-state index in [0.717, 1.165) is 12.8 Å². The first-order valence-corrected chi connectivity index (χ1v) is 7.37. The number of carbonyl (C=O) groups is 2. The average Bonchev–Trinajstić information content (AvgIpc) is 2.45. The lowest BCUT2D eigenvalue weighted by atomic mass is 10.1. The molecule has 0 aliphatic carbocycles. The number of carbonyl (C=O) groups excluding carboxylic acids is 2. The normalized spacial score (nSPS) is 9.85. The van der Waals surface area contributed by atoms with Crippen LogP contribution in [-0.4, -0.2) is 31.8 Å². The zero-order valence-electron chi connectivity index (χ0n) is 12.5. The Hall–Kier alpha value is -1.52. The Kier molecular flexibility index (Phi) is 12.8. The van der Waals surface area contributed by atoms with E-state index in [-0.39, 0.29) is 13.2 Å². The van der Waals surface area contributed by atoms with Gasteiger partial charge >= 0.3 is 12.1 Å². The number of amides is 1. The summed E-state index contributed by atoms with van der Waals surface area (Å²) < 4.78 is 9.65. The van der Waals surface area contributed by atoms with Gasteiger partial charge in [0, 0.05) is 0 Å². The number of ether oxygens (including phenoxy) is 2. The maximum atomic E-state index is 11.3. The van der Waals surface area contributed by atoms with Crippen molar-refractivity contribution in [2.24, 2.45) is 0 Å². The third kappa shape index (κ3) is 12.9. The van der Waals surface area contributed by atoms with E-state index in [2.05, 4.69) is 23.6 Å². The minimum atomic E-state index is -0.641. The lowest BCUT2D eigenvalue weighted by Gasteiger charge is -2.06. The summed E-state index contributed by atoms with van der Waals surface area (Å²) in [6.45, 7) is 5.98. The van der Waals surface area contributed by atoms with Crippen molar-refractivity contribution in [3.8, 4) is 0 Å². The Labute approximate surface area is 121 Å². The predicted octanol–water partition coefficient (Wildman–Crippen LogP) is 3.19. The molecule has 116 valence electrons. The molecule has 0 bridgehead atoms. The van der Waals surface area contributed by atoms with Crippen LogP contribution in [0.25, 0.3) is 0 Å². The summed E-state index contributed by atoms with van der Waals surface area (Å²) >= 11 is 0. The Balaban J connectivity index is 3.32. The molecule has 0 fully saturated rings. The van der Waals surface area contributed by atoms with E-state index in [1.54, 1.807) is 0 Å². The van der Waals surface area contributed by atoms with E-state index >= 15 is 0 Å². The fourth-order valence-electron chi connectivity index (χ4n) is 1.63. The van der Waals surface area contributed by atoms with E-state index in [4.69, 9.17) is 4.74 Å². The van der Waals surface area contributed by atoms with E-state index < -0.39 is 12.1 Å². The van der Waals surface area contributed by atoms with E-state index in [1.165, 1.54) is 38.2 Å². The van der Waals surface area contributed by atoms with Gasteiger partial charge in [-0.15, -0.1) is 0 Å².